The monoisotopic (exact) mass is 612 g/mol. The molecular formula is C32H30Cl2N8O. The second kappa shape index (κ2) is 12.6. The lowest BCUT2D eigenvalue weighted by atomic mass is 10.0. The number of pyridine rings is 1. The van der Waals surface area contributed by atoms with Gasteiger partial charge in [0.2, 0.25) is 0 Å². The van der Waals surface area contributed by atoms with Gasteiger partial charge in [0.05, 0.1) is 46.2 Å². The molecule has 0 bridgehead atoms. The van der Waals surface area contributed by atoms with Crippen molar-refractivity contribution in [1.82, 2.24) is 24.9 Å². The number of aromatic nitrogens is 4. The number of fused-ring (bicyclic) bond motifs is 1. The highest BCUT2D eigenvalue weighted by atomic mass is 35.5. The van der Waals surface area contributed by atoms with Crippen LogP contribution in [0.25, 0.3) is 10.9 Å². The summed E-state index contributed by atoms with van der Waals surface area (Å²) in [6, 6.07) is 22.7. The normalized spacial score (nSPS) is 17.8. The highest BCUT2D eigenvalue weighted by Gasteiger charge is 2.30. The minimum Gasteiger partial charge on any atom is -0.390 e. The van der Waals surface area contributed by atoms with Crippen molar-refractivity contribution in [3.63, 3.8) is 0 Å². The number of β-amino-alcohol motifs (C(OH)–C–C–N with tert-alkyl or cyclic N) is 1. The fourth-order valence-corrected chi connectivity index (χ4v) is 6.04. The van der Waals surface area contributed by atoms with E-state index in [2.05, 4.69) is 43.8 Å². The zero-order valence-corrected chi connectivity index (χ0v) is 25.0. The summed E-state index contributed by atoms with van der Waals surface area (Å²) in [7, 11) is 0. The molecule has 218 valence electrons. The molecule has 0 amide bonds. The van der Waals surface area contributed by atoms with Crippen molar-refractivity contribution < 1.29 is 5.11 Å². The van der Waals surface area contributed by atoms with Gasteiger partial charge in [0.25, 0.3) is 0 Å². The molecule has 0 saturated carbocycles. The van der Waals surface area contributed by atoms with Crippen molar-refractivity contribution in [2.24, 2.45) is 0 Å². The third kappa shape index (κ3) is 6.14. The van der Waals surface area contributed by atoms with Crippen LogP contribution in [0.1, 0.15) is 42.2 Å². The van der Waals surface area contributed by atoms with Crippen LogP contribution in [0.15, 0.2) is 79.1 Å². The van der Waals surface area contributed by atoms with E-state index in [0.717, 1.165) is 30.8 Å². The van der Waals surface area contributed by atoms with Gasteiger partial charge in [0.1, 0.15) is 11.8 Å². The molecule has 0 spiro atoms. The number of halogens is 2. The number of aliphatic hydroxyl groups excluding tert-OH is 1. The van der Waals surface area contributed by atoms with E-state index in [1.807, 2.05) is 60.8 Å². The largest absolute Gasteiger partial charge is 0.390 e. The Morgan fingerprint density at radius 2 is 1.93 bits per heavy atom. The van der Waals surface area contributed by atoms with E-state index in [4.69, 9.17) is 23.2 Å². The second-order valence-corrected chi connectivity index (χ2v) is 11.4. The number of hydrogen-bond acceptors (Lipinski definition) is 8. The molecule has 3 N–H and O–H groups in total. The van der Waals surface area contributed by atoms with Crippen LogP contribution in [0, 0.1) is 11.3 Å². The Kier molecular flexibility index (Phi) is 8.45. The Morgan fingerprint density at radius 1 is 1.09 bits per heavy atom. The molecule has 3 heterocycles. The van der Waals surface area contributed by atoms with Gasteiger partial charge in [-0.25, -0.2) is 4.68 Å². The van der Waals surface area contributed by atoms with E-state index in [-0.39, 0.29) is 12.1 Å². The lowest BCUT2D eigenvalue weighted by Gasteiger charge is -2.35. The quantitative estimate of drug-likeness (QED) is 0.180. The molecule has 3 aromatic carbocycles. The van der Waals surface area contributed by atoms with Crippen LogP contribution in [-0.2, 0) is 0 Å². The first kappa shape index (κ1) is 28.9. The Morgan fingerprint density at radius 3 is 2.67 bits per heavy atom. The van der Waals surface area contributed by atoms with Crippen molar-refractivity contribution in [2.45, 2.75) is 31.5 Å². The number of nitriles is 1. The number of likely N-dealkylation sites (N-methyl/N-ethyl adjacent to an activating group) is 1. The van der Waals surface area contributed by atoms with Gasteiger partial charge in [-0.05, 0) is 48.9 Å². The first-order valence-corrected chi connectivity index (χ1v) is 14.9. The zero-order chi connectivity index (χ0) is 29.9. The Bertz CT molecular complexity index is 1790. The molecule has 43 heavy (non-hydrogen) atoms. The van der Waals surface area contributed by atoms with Crippen molar-refractivity contribution in [2.75, 3.05) is 30.3 Å². The molecule has 5 aromatic rings. The van der Waals surface area contributed by atoms with Crippen molar-refractivity contribution >= 4 is 51.2 Å². The Labute approximate surface area is 259 Å². The predicted molar refractivity (Wildman–Crippen MR) is 170 cm³/mol. The van der Waals surface area contributed by atoms with E-state index < -0.39 is 6.10 Å². The number of nitrogens with one attached hydrogen (secondary N) is 2. The summed E-state index contributed by atoms with van der Waals surface area (Å²) in [6.07, 6.45) is 3.68. The smallest absolute Gasteiger partial charge is 0.109 e. The predicted octanol–water partition coefficient (Wildman–Crippen LogP) is 6.58. The minimum atomic E-state index is -0.530. The van der Waals surface area contributed by atoms with Crippen LogP contribution < -0.4 is 10.6 Å². The molecule has 1 aliphatic rings. The van der Waals surface area contributed by atoms with Gasteiger partial charge in [0, 0.05) is 41.1 Å². The highest BCUT2D eigenvalue weighted by Crippen LogP contribution is 2.37. The number of anilines is 3. The van der Waals surface area contributed by atoms with Crippen molar-refractivity contribution in [3.05, 3.63) is 106 Å². The third-order valence-electron chi connectivity index (χ3n) is 7.82. The van der Waals surface area contributed by atoms with Crippen LogP contribution in [0.5, 0.6) is 0 Å². The average Bonchev–Trinajstić information content (AvgIpc) is 3.50. The maximum Gasteiger partial charge on any atom is 0.109 e. The molecule has 3 atom stereocenters. The van der Waals surface area contributed by atoms with Gasteiger partial charge in [-0.2, -0.15) is 5.26 Å². The molecule has 9 nitrogen and oxygen atoms in total. The summed E-state index contributed by atoms with van der Waals surface area (Å²) in [5, 5.41) is 38.4. The fraction of sp³-hybridized carbons (Fsp3) is 0.250. The van der Waals surface area contributed by atoms with Crippen LogP contribution in [0.4, 0.5) is 17.1 Å². The Balaban J connectivity index is 1.38. The summed E-state index contributed by atoms with van der Waals surface area (Å²) in [4.78, 5) is 6.72. The van der Waals surface area contributed by atoms with Gasteiger partial charge in [-0.15, -0.1) is 5.10 Å². The molecule has 1 aliphatic heterocycles. The minimum absolute atomic E-state index is 0.147. The van der Waals surface area contributed by atoms with E-state index in [1.165, 1.54) is 6.20 Å². The van der Waals surface area contributed by atoms with Gasteiger partial charge in [0.15, 0.2) is 0 Å². The number of rotatable bonds is 8. The zero-order valence-electron chi connectivity index (χ0n) is 23.5. The summed E-state index contributed by atoms with van der Waals surface area (Å²) in [5.41, 5.74) is 4.64. The van der Waals surface area contributed by atoms with Crippen LogP contribution in [0.2, 0.25) is 10.0 Å². The molecule has 1 saturated heterocycles. The molecule has 0 aliphatic carbocycles. The number of nitrogens with zero attached hydrogens (tertiary/aromatic N) is 6. The van der Waals surface area contributed by atoms with Gasteiger partial charge >= 0.3 is 0 Å². The molecule has 11 heteroatoms. The maximum absolute atomic E-state index is 10.8. The third-order valence-corrected chi connectivity index (χ3v) is 8.35. The summed E-state index contributed by atoms with van der Waals surface area (Å²) < 4.78 is 1.79. The summed E-state index contributed by atoms with van der Waals surface area (Å²) >= 11 is 13.0. The van der Waals surface area contributed by atoms with Crippen molar-refractivity contribution in [1.29, 1.82) is 5.26 Å². The number of benzene rings is 3. The standard InChI is InChI=1S/C32H30Cl2N8O/c1-2-41-12-11-28(29(43)19-41)42-18-27(39-40-42)31(20-7-4-3-5-8-20)38-24-14-25-30(37-23-10-6-9-22(33)13-23)21(16-35)17-36-32(25)26(34)15-24/h3-10,13-15,17-18,28-29,31,38,43H,2,11-12,19H2,1H3,(H,36,37)/t28-,29-,31+/m1/s1. The topological polar surface area (TPSA) is 115 Å². The fourth-order valence-electron chi connectivity index (χ4n) is 5.58. The Hall–Kier alpha value is -4.20. The van der Waals surface area contributed by atoms with E-state index in [0.29, 0.717) is 50.1 Å². The number of hydrogen-bond donors (Lipinski definition) is 3. The van der Waals surface area contributed by atoms with E-state index in [1.54, 1.807) is 16.8 Å². The number of piperidine rings is 1. The number of aliphatic hydroxyl groups is 1. The summed E-state index contributed by atoms with van der Waals surface area (Å²) in [5.74, 6) is 0. The first-order chi connectivity index (χ1) is 20.9. The summed E-state index contributed by atoms with van der Waals surface area (Å²) in [6.45, 7) is 4.51. The van der Waals surface area contributed by atoms with Gasteiger partial charge < -0.3 is 20.6 Å². The first-order valence-electron chi connectivity index (χ1n) is 14.1. The lowest BCUT2D eigenvalue weighted by molar-refractivity contribution is 0.0242. The van der Waals surface area contributed by atoms with Crippen molar-refractivity contribution in [3.8, 4) is 6.07 Å². The number of likely N-dealkylation sites (tertiary alicyclic amines) is 1. The molecule has 2 aromatic heterocycles. The highest BCUT2D eigenvalue weighted by molar-refractivity contribution is 6.36. The van der Waals surface area contributed by atoms with E-state index >= 15 is 0 Å². The molecule has 6 rings (SSSR count). The van der Waals surface area contributed by atoms with E-state index in [9.17, 15) is 10.4 Å². The maximum atomic E-state index is 10.8. The van der Waals surface area contributed by atoms with Crippen LogP contribution >= 0.6 is 23.2 Å². The molecular weight excluding hydrogens is 583 g/mol. The SMILES string of the molecule is CCN1CC[C@@H](n2cc([C@@H](Nc3cc(Cl)c4ncc(C#N)c(Nc5cccc(Cl)c5)c4c3)c3ccccc3)nn2)[C@H](O)C1. The molecule has 1 fully saturated rings. The van der Waals surface area contributed by atoms with Gasteiger partial charge in [-0.3, -0.25) is 4.98 Å². The van der Waals surface area contributed by atoms with Crippen LogP contribution in [-0.4, -0.2) is 55.7 Å². The molecule has 0 unspecified atom stereocenters. The van der Waals surface area contributed by atoms with Gasteiger partial charge in [-0.1, -0.05) is 71.7 Å². The second-order valence-electron chi connectivity index (χ2n) is 10.6. The average molecular weight is 614 g/mol. The molecule has 0 radical (unpaired) electrons. The van der Waals surface area contributed by atoms with Crippen LogP contribution in [0.3, 0.4) is 0 Å². The lowest BCUT2D eigenvalue weighted by Crippen LogP contribution is -2.44.